The van der Waals surface area contributed by atoms with Gasteiger partial charge >= 0.3 is 0 Å². The summed E-state index contributed by atoms with van der Waals surface area (Å²) in [6, 6.07) is 0. The molecule has 0 aromatic heterocycles. The number of likely N-dealkylation sites (tertiary alicyclic amines) is 1. The van der Waals surface area contributed by atoms with Gasteiger partial charge in [0.25, 0.3) is 5.92 Å². The van der Waals surface area contributed by atoms with Gasteiger partial charge in [0.15, 0.2) is 0 Å². The van der Waals surface area contributed by atoms with Crippen molar-refractivity contribution in [3.8, 4) is 0 Å². The molecule has 1 aliphatic rings. The predicted molar refractivity (Wildman–Crippen MR) is 60.0 cm³/mol. The van der Waals surface area contributed by atoms with Crippen LogP contribution in [0.5, 0.6) is 0 Å². The van der Waals surface area contributed by atoms with E-state index in [1.165, 1.54) is 6.92 Å². The summed E-state index contributed by atoms with van der Waals surface area (Å²) in [7, 11) is 0. The number of nitrogens with one attached hydrogen (secondary N) is 1. The Morgan fingerprint density at radius 1 is 1.39 bits per heavy atom. The summed E-state index contributed by atoms with van der Waals surface area (Å²) < 4.78 is 25.5. The third kappa shape index (κ3) is 4.21. The average molecular weight is 264 g/mol. The Kier molecular flexibility index (Phi) is 5.01. The second kappa shape index (κ2) is 6.08. The fourth-order valence-electron chi connectivity index (χ4n) is 1.87. The van der Waals surface area contributed by atoms with E-state index in [0.717, 1.165) is 0 Å². The first-order chi connectivity index (χ1) is 8.35. The Morgan fingerprint density at radius 2 is 1.94 bits per heavy atom. The molecule has 0 atom stereocenters. The first-order valence-electron chi connectivity index (χ1n) is 5.87. The molecule has 1 saturated heterocycles. The van der Waals surface area contributed by atoms with Gasteiger partial charge in [0.2, 0.25) is 11.8 Å². The Morgan fingerprint density at radius 3 is 2.39 bits per heavy atom. The topological polar surface area (TPSA) is 69.6 Å². The van der Waals surface area contributed by atoms with Crippen molar-refractivity contribution < 1.29 is 23.5 Å². The Balaban J connectivity index is 2.34. The van der Waals surface area contributed by atoms with Gasteiger partial charge in [-0.15, -0.1) is 0 Å². The van der Waals surface area contributed by atoms with Crippen molar-refractivity contribution in [2.45, 2.75) is 25.7 Å². The van der Waals surface area contributed by atoms with Crippen LogP contribution in [0.15, 0.2) is 0 Å². The van der Waals surface area contributed by atoms with E-state index in [1.807, 2.05) is 0 Å². The van der Waals surface area contributed by atoms with E-state index >= 15 is 0 Å². The molecule has 5 nitrogen and oxygen atoms in total. The number of rotatable bonds is 4. The molecule has 0 bridgehead atoms. The number of aliphatic hydroxyl groups is 1. The molecule has 18 heavy (non-hydrogen) atoms. The summed E-state index contributed by atoms with van der Waals surface area (Å²) in [5.41, 5.74) is 0. The van der Waals surface area contributed by atoms with Crippen LogP contribution in [0, 0.1) is 5.92 Å². The van der Waals surface area contributed by atoms with Crippen molar-refractivity contribution in [1.29, 1.82) is 0 Å². The van der Waals surface area contributed by atoms with E-state index in [9.17, 15) is 18.4 Å². The molecule has 2 N–H and O–H groups in total. The van der Waals surface area contributed by atoms with Crippen LogP contribution < -0.4 is 5.32 Å². The van der Waals surface area contributed by atoms with E-state index in [2.05, 4.69) is 5.32 Å². The van der Waals surface area contributed by atoms with Crippen LogP contribution in [0.25, 0.3) is 0 Å². The zero-order valence-corrected chi connectivity index (χ0v) is 10.3. The van der Waals surface area contributed by atoms with Crippen LogP contribution in [-0.4, -0.2) is 54.0 Å². The largest absolute Gasteiger partial charge is 0.390 e. The van der Waals surface area contributed by atoms with Crippen LogP contribution in [0.1, 0.15) is 19.8 Å². The van der Waals surface area contributed by atoms with Crippen molar-refractivity contribution in [2.24, 2.45) is 5.92 Å². The molecule has 0 aliphatic carbocycles. The lowest BCUT2D eigenvalue weighted by Gasteiger charge is -2.30. The van der Waals surface area contributed by atoms with Gasteiger partial charge in [-0.25, -0.2) is 8.78 Å². The number of nitrogens with zero attached hydrogens (tertiary/aromatic N) is 1. The fraction of sp³-hybridized carbons (Fsp3) is 0.818. The van der Waals surface area contributed by atoms with Crippen LogP contribution in [-0.2, 0) is 9.59 Å². The molecular weight excluding hydrogens is 246 g/mol. The Bertz CT molecular complexity index is 315. The van der Waals surface area contributed by atoms with Crippen molar-refractivity contribution in [3.63, 3.8) is 0 Å². The minimum atomic E-state index is -3.28. The Labute approximate surface area is 104 Å². The highest BCUT2D eigenvalue weighted by Gasteiger charge is 2.31. The van der Waals surface area contributed by atoms with Gasteiger partial charge in [-0.3, -0.25) is 9.59 Å². The normalized spacial score (nSPS) is 17.7. The first kappa shape index (κ1) is 14.8. The van der Waals surface area contributed by atoms with E-state index in [0.29, 0.717) is 25.9 Å². The minimum absolute atomic E-state index is 0.0410. The van der Waals surface area contributed by atoms with E-state index in [1.54, 1.807) is 4.90 Å². The number of piperidine rings is 1. The minimum Gasteiger partial charge on any atom is -0.390 e. The van der Waals surface area contributed by atoms with Gasteiger partial charge in [0.1, 0.15) is 6.61 Å². The lowest BCUT2D eigenvalue weighted by molar-refractivity contribution is -0.134. The highest BCUT2D eigenvalue weighted by molar-refractivity contribution is 5.79. The zero-order valence-electron chi connectivity index (χ0n) is 10.3. The molecule has 7 heteroatoms. The maximum Gasteiger partial charge on any atom is 0.287 e. The van der Waals surface area contributed by atoms with E-state index in [-0.39, 0.29) is 11.8 Å². The number of aliphatic hydroxyl groups excluding tert-OH is 1. The fourth-order valence-corrected chi connectivity index (χ4v) is 1.87. The number of amides is 2. The first-order valence-corrected chi connectivity index (χ1v) is 5.87. The second-order valence-corrected chi connectivity index (χ2v) is 4.51. The molecule has 1 heterocycles. The maximum atomic E-state index is 12.7. The van der Waals surface area contributed by atoms with Gasteiger partial charge in [-0.05, 0) is 12.8 Å². The molecule has 1 rings (SSSR count). The summed E-state index contributed by atoms with van der Waals surface area (Å²) in [5.74, 6) is -4.10. The van der Waals surface area contributed by atoms with Crippen molar-refractivity contribution in [2.75, 3.05) is 26.2 Å². The Hall–Kier alpha value is -1.24. The summed E-state index contributed by atoms with van der Waals surface area (Å²) in [6.07, 6.45) is 0.965. The number of halogens is 2. The molecule has 1 aliphatic heterocycles. The molecule has 0 unspecified atom stereocenters. The van der Waals surface area contributed by atoms with Crippen LogP contribution in [0.4, 0.5) is 8.78 Å². The van der Waals surface area contributed by atoms with E-state index < -0.39 is 25.0 Å². The molecule has 0 spiro atoms. The van der Waals surface area contributed by atoms with Gasteiger partial charge in [0, 0.05) is 25.9 Å². The molecule has 0 radical (unpaired) electrons. The smallest absolute Gasteiger partial charge is 0.287 e. The molecule has 2 amide bonds. The highest BCUT2D eigenvalue weighted by Crippen LogP contribution is 2.18. The summed E-state index contributed by atoms with van der Waals surface area (Å²) >= 11 is 0. The third-order valence-corrected chi connectivity index (χ3v) is 3.06. The van der Waals surface area contributed by atoms with Crippen molar-refractivity contribution in [3.05, 3.63) is 0 Å². The molecule has 0 saturated carbocycles. The summed E-state index contributed by atoms with van der Waals surface area (Å²) in [5, 5.41) is 10.5. The molecule has 1 fully saturated rings. The van der Waals surface area contributed by atoms with Gasteiger partial charge in [-0.1, -0.05) is 0 Å². The number of carbonyl (C=O) groups is 2. The van der Waals surface area contributed by atoms with Crippen LogP contribution in [0.3, 0.4) is 0 Å². The molecule has 0 aromatic rings. The van der Waals surface area contributed by atoms with Gasteiger partial charge in [0.05, 0.1) is 6.54 Å². The predicted octanol–water partition coefficient (Wildman–Crippen LogP) is -0.0113. The quantitative estimate of drug-likeness (QED) is 0.750. The molecule has 104 valence electrons. The highest BCUT2D eigenvalue weighted by atomic mass is 19.3. The second-order valence-electron chi connectivity index (χ2n) is 4.51. The lowest BCUT2D eigenvalue weighted by atomic mass is 9.96. The summed E-state index contributed by atoms with van der Waals surface area (Å²) in [6.45, 7) is 0.279. The van der Waals surface area contributed by atoms with Gasteiger partial charge < -0.3 is 15.3 Å². The number of hydrogen-bond donors (Lipinski definition) is 2. The number of hydrogen-bond acceptors (Lipinski definition) is 3. The standard InChI is InChI=1S/C11H18F2N2O3/c1-8(17)15-4-2-9(3-5-15)10(18)14-6-11(12,13)7-16/h9,16H,2-7H2,1H3,(H,14,18). The lowest BCUT2D eigenvalue weighted by Crippen LogP contribution is -2.45. The van der Waals surface area contributed by atoms with Crippen LogP contribution >= 0.6 is 0 Å². The SMILES string of the molecule is CC(=O)N1CCC(C(=O)NCC(F)(F)CO)CC1. The molecule has 0 aromatic carbocycles. The number of alkyl halides is 2. The maximum absolute atomic E-state index is 12.7. The third-order valence-electron chi connectivity index (χ3n) is 3.06. The zero-order chi connectivity index (χ0) is 13.8. The number of carbonyl (C=O) groups excluding carboxylic acids is 2. The van der Waals surface area contributed by atoms with Crippen LogP contribution in [0.2, 0.25) is 0 Å². The summed E-state index contributed by atoms with van der Waals surface area (Å²) in [4.78, 5) is 24.3. The van der Waals surface area contributed by atoms with Crippen molar-refractivity contribution >= 4 is 11.8 Å². The van der Waals surface area contributed by atoms with Crippen molar-refractivity contribution in [1.82, 2.24) is 10.2 Å². The average Bonchev–Trinajstić information content (AvgIpc) is 2.36. The monoisotopic (exact) mass is 264 g/mol. The van der Waals surface area contributed by atoms with Gasteiger partial charge in [-0.2, -0.15) is 0 Å². The van der Waals surface area contributed by atoms with E-state index in [4.69, 9.17) is 5.11 Å². The molecular formula is C11H18F2N2O3.